The molecule has 2 heteroatoms. The molecule has 0 atom stereocenters. The van der Waals surface area contributed by atoms with Crippen molar-refractivity contribution in [2.45, 2.75) is 194 Å². The van der Waals surface area contributed by atoms with Gasteiger partial charge in [0.25, 0.3) is 0 Å². The molecule has 0 aromatic rings. The van der Waals surface area contributed by atoms with Crippen molar-refractivity contribution in [3.63, 3.8) is 0 Å². The van der Waals surface area contributed by atoms with Gasteiger partial charge in [-0.3, -0.25) is 0 Å². The van der Waals surface area contributed by atoms with Gasteiger partial charge in [0, 0.05) is 0 Å². The van der Waals surface area contributed by atoms with E-state index in [-0.39, 0.29) is 12.4 Å². The van der Waals surface area contributed by atoms with E-state index in [0.29, 0.717) is 0 Å². The molecule has 0 aromatic carbocycles. The first-order valence-corrected chi connectivity index (χ1v) is 16.9. The SMILES string of the molecule is CCCCCCCCCCCCCCCCCCCC[N+](C)(C)CCCCCCCCCCCC.[Cl-]. The largest absolute Gasteiger partial charge is 1.00 e. The highest BCUT2D eigenvalue weighted by molar-refractivity contribution is 4.51. The first-order chi connectivity index (χ1) is 17.1. The number of unbranched alkanes of at least 4 members (excludes halogenated alkanes) is 26. The van der Waals surface area contributed by atoms with Gasteiger partial charge in [-0.05, 0) is 25.7 Å². The standard InChI is InChI=1S/C34H72N.ClH/c1-5-7-9-11-13-15-17-18-19-20-21-22-23-24-26-28-30-32-34-35(3,4)33-31-29-27-25-16-14-12-10-8-6-2;/h5-34H2,1-4H3;1H/q+1;/p-1. The Morgan fingerprint density at radius 1 is 0.278 bits per heavy atom. The zero-order valence-corrected chi connectivity index (χ0v) is 26.8. The highest BCUT2D eigenvalue weighted by atomic mass is 35.5. The van der Waals surface area contributed by atoms with Crippen molar-refractivity contribution in [1.29, 1.82) is 0 Å². The lowest BCUT2D eigenvalue weighted by atomic mass is 10.0. The maximum atomic E-state index is 2.46. The second-order valence-corrected chi connectivity index (χ2v) is 12.6. The molecule has 0 heterocycles. The molecular weight excluding hydrogens is 458 g/mol. The van der Waals surface area contributed by atoms with Gasteiger partial charge in [0.1, 0.15) is 0 Å². The number of rotatable bonds is 30. The molecule has 0 bridgehead atoms. The van der Waals surface area contributed by atoms with Crippen LogP contribution in [0.15, 0.2) is 0 Å². The summed E-state index contributed by atoms with van der Waals surface area (Å²) in [7, 11) is 4.92. The van der Waals surface area contributed by atoms with Gasteiger partial charge in [0.05, 0.1) is 27.2 Å². The van der Waals surface area contributed by atoms with Crippen molar-refractivity contribution in [2.24, 2.45) is 0 Å². The summed E-state index contributed by atoms with van der Waals surface area (Å²) >= 11 is 0. The average Bonchev–Trinajstić information content (AvgIpc) is 2.84. The second kappa shape index (κ2) is 31.5. The predicted molar refractivity (Wildman–Crippen MR) is 162 cm³/mol. The van der Waals surface area contributed by atoms with Crippen molar-refractivity contribution in [2.75, 3.05) is 27.2 Å². The van der Waals surface area contributed by atoms with Crippen LogP contribution in [0.2, 0.25) is 0 Å². The molecule has 0 saturated heterocycles. The van der Waals surface area contributed by atoms with Crippen LogP contribution in [0.1, 0.15) is 194 Å². The van der Waals surface area contributed by atoms with Crippen molar-refractivity contribution < 1.29 is 16.9 Å². The summed E-state index contributed by atoms with van der Waals surface area (Å²) < 4.78 is 1.25. The van der Waals surface area contributed by atoms with Crippen LogP contribution < -0.4 is 12.4 Å². The molecule has 0 saturated carbocycles. The van der Waals surface area contributed by atoms with E-state index in [2.05, 4.69) is 27.9 Å². The summed E-state index contributed by atoms with van der Waals surface area (Å²) in [5, 5.41) is 0. The van der Waals surface area contributed by atoms with Gasteiger partial charge in [-0.1, -0.05) is 168 Å². The molecule has 1 nitrogen and oxygen atoms in total. The summed E-state index contributed by atoms with van der Waals surface area (Å²) in [5.41, 5.74) is 0. The fraction of sp³-hybridized carbons (Fsp3) is 1.00. The van der Waals surface area contributed by atoms with Gasteiger partial charge in [-0.25, -0.2) is 0 Å². The normalized spacial score (nSPS) is 11.7. The molecular formula is C34H72ClN. The Labute approximate surface area is 237 Å². The third-order valence-corrected chi connectivity index (χ3v) is 8.23. The van der Waals surface area contributed by atoms with Gasteiger partial charge in [-0.2, -0.15) is 0 Å². The van der Waals surface area contributed by atoms with Crippen LogP contribution >= 0.6 is 0 Å². The highest BCUT2D eigenvalue weighted by Crippen LogP contribution is 2.15. The highest BCUT2D eigenvalue weighted by Gasteiger charge is 2.13. The van der Waals surface area contributed by atoms with E-state index in [1.54, 1.807) is 0 Å². The second-order valence-electron chi connectivity index (χ2n) is 12.6. The zero-order valence-electron chi connectivity index (χ0n) is 26.0. The first-order valence-electron chi connectivity index (χ1n) is 16.9. The molecule has 36 heavy (non-hydrogen) atoms. The van der Waals surface area contributed by atoms with Crippen LogP contribution in [-0.4, -0.2) is 31.7 Å². The molecule has 0 aliphatic carbocycles. The van der Waals surface area contributed by atoms with Gasteiger partial charge in [0.15, 0.2) is 0 Å². The average molecular weight is 530 g/mol. The van der Waals surface area contributed by atoms with Crippen molar-refractivity contribution in [1.82, 2.24) is 0 Å². The van der Waals surface area contributed by atoms with E-state index < -0.39 is 0 Å². The van der Waals surface area contributed by atoms with Gasteiger partial charge >= 0.3 is 0 Å². The molecule has 0 unspecified atom stereocenters. The van der Waals surface area contributed by atoms with E-state index in [4.69, 9.17) is 0 Å². The topological polar surface area (TPSA) is 0 Å². The molecule has 0 aliphatic heterocycles. The van der Waals surface area contributed by atoms with E-state index in [1.165, 1.54) is 197 Å². The molecule has 0 radical (unpaired) electrons. The lowest BCUT2D eigenvalue weighted by molar-refractivity contribution is -0.890. The number of halogens is 1. The van der Waals surface area contributed by atoms with Crippen LogP contribution in [0, 0.1) is 0 Å². The van der Waals surface area contributed by atoms with Crippen LogP contribution in [-0.2, 0) is 0 Å². The Hall–Kier alpha value is 0.250. The summed E-state index contributed by atoms with van der Waals surface area (Å²) in [6.45, 7) is 7.38. The Morgan fingerprint density at radius 3 is 0.639 bits per heavy atom. The fourth-order valence-electron chi connectivity index (χ4n) is 5.58. The lowest BCUT2D eigenvalue weighted by Gasteiger charge is -2.30. The van der Waals surface area contributed by atoms with E-state index in [0.717, 1.165) is 0 Å². The Morgan fingerprint density at radius 2 is 0.444 bits per heavy atom. The van der Waals surface area contributed by atoms with Crippen LogP contribution in [0.25, 0.3) is 0 Å². The third kappa shape index (κ3) is 32.3. The van der Waals surface area contributed by atoms with Crippen LogP contribution in [0.3, 0.4) is 0 Å². The molecule has 220 valence electrons. The predicted octanol–water partition coefficient (Wildman–Crippen LogP) is 9.03. The quantitative estimate of drug-likeness (QED) is 0.0642. The molecule has 0 aromatic heterocycles. The summed E-state index contributed by atoms with van der Waals surface area (Å²) in [4.78, 5) is 0. The summed E-state index contributed by atoms with van der Waals surface area (Å²) in [5.74, 6) is 0. The first kappa shape index (κ1) is 38.4. The fourth-order valence-corrected chi connectivity index (χ4v) is 5.58. The summed E-state index contributed by atoms with van der Waals surface area (Å²) in [6.07, 6.45) is 41.0. The maximum absolute atomic E-state index is 2.46. The van der Waals surface area contributed by atoms with Crippen LogP contribution in [0.4, 0.5) is 0 Å². The van der Waals surface area contributed by atoms with Crippen molar-refractivity contribution >= 4 is 0 Å². The number of nitrogens with zero attached hydrogens (tertiary/aromatic N) is 1. The lowest BCUT2D eigenvalue weighted by Crippen LogP contribution is -3.00. The molecule has 0 amide bonds. The Kier molecular flexibility index (Phi) is 33.6. The molecule has 0 spiro atoms. The smallest absolute Gasteiger partial charge is 0.0782 e. The molecule has 0 aliphatic rings. The van der Waals surface area contributed by atoms with E-state index in [1.807, 2.05) is 0 Å². The number of hydrogen-bond donors (Lipinski definition) is 0. The minimum Gasteiger partial charge on any atom is -1.00 e. The van der Waals surface area contributed by atoms with Gasteiger partial charge < -0.3 is 16.9 Å². The Bertz CT molecular complexity index is 381. The van der Waals surface area contributed by atoms with Crippen molar-refractivity contribution in [3.05, 3.63) is 0 Å². The minimum atomic E-state index is 0. The Balaban J connectivity index is 0. The molecule has 0 N–H and O–H groups in total. The number of quaternary nitrogens is 1. The van der Waals surface area contributed by atoms with E-state index in [9.17, 15) is 0 Å². The van der Waals surface area contributed by atoms with Gasteiger partial charge in [-0.15, -0.1) is 0 Å². The van der Waals surface area contributed by atoms with Gasteiger partial charge in [0.2, 0.25) is 0 Å². The number of hydrogen-bond acceptors (Lipinski definition) is 0. The minimum absolute atomic E-state index is 0. The van der Waals surface area contributed by atoms with Crippen LogP contribution in [0.5, 0.6) is 0 Å². The zero-order chi connectivity index (χ0) is 25.7. The summed E-state index contributed by atoms with van der Waals surface area (Å²) in [6, 6.07) is 0. The molecule has 0 fully saturated rings. The molecule has 0 rings (SSSR count). The maximum Gasteiger partial charge on any atom is 0.0782 e. The third-order valence-electron chi connectivity index (χ3n) is 8.23. The van der Waals surface area contributed by atoms with Crippen molar-refractivity contribution in [3.8, 4) is 0 Å². The monoisotopic (exact) mass is 530 g/mol. The van der Waals surface area contributed by atoms with E-state index >= 15 is 0 Å².